The van der Waals surface area contributed by atoms with E-state index in [0.717, 1.165) is 11.3 Å². The van der Waals surface area contributed by atoms with Gasteiger partial charge in [0, 0.05) is 12.1 Å². The molecule has 0 saturated heterocycles. The fourth-order valence-corrected chi connectivity index (χ4v) is 2.50. The zero-order chi connectivity index (χ0) is 16.9. The fraction of sp³-hybridized carbons (Fsp3) is 0.158. The summed E-state index contributed by atoms with van der Waals surface area (Å²) in [5.41, 5.74) is 2.30. The zero-order valence-electron chi connectivity index (χ0n) is 13.3. The maximum absolute atomic E-state index is 12.5. The molecule has 1 heterocycles. The van der Waals surface area contributed by atoms with E-state index in [1.54, 1.807) is 24.3 Å². The quantitative estimate of drug-likeness (QED) is 0.909. The van der Waals surface area contributed by atoms with Gasteiger partial charge in [-0.1, -0.05) is 30.3 Å². The first-order valence-electron chi connectivity index (χ1n) is 7.80. The second-order valence-corrected chi connectivity index (χ2v) is 5.36. The van der Waals surface area contributed by atoms with Crippen molar-refractivity contribution in [2.45, 2.75) is 6.92 Å². The number of nitrogens with one attached hydrogen (secondary N) is 2. The summed E-state index contributed by atoms with van der Waals surface area (Å²) >= 11 is 0. The van der Waals surface area contributed by atoms with Crippen LogP contribution in [0.4, 0.5) is 5.69 Å². The normalized spacial score (nSPS) is 12.5. The predicted octanol–water partition coefficient (Wildman–Crippen LogP) is 2.85. The second kappa shape index (κ2) is 7.00. The Balaban J connectivity index is 1.82. The van der Waals surface area contributed by atoms with Gasteiger partial charge in [-0.15, -0.1) is 0 Å². The first-order valence-corrected chi connectivity index (χ1v) is 7.80. The van der Waals surface area contributed by atoms with Crippen LogP contribution in [0.25, 0.3) is 6.08 Å². The van der Waals surface area contributed by atoms with Gasteiger partial charge in [-0.05, 0) is 31.2 Å². The van der Waals surface area contributed by atoms with Gasteiger partial charge in [0.25, 0.3) is 11.8 Å². The lowest BCUT2D eigenvalue weighted by molar-refractivity contribution is -0.113. The summed E-state index contributed by atoms with van der Waals surface area (Å²) in [4.78, 5) is 24.6. The average molecular weight is 322 g/mol. The van der Waals surface area contributed by atoms with Crippen LogP contribution in [0.5, 0.6) is 5.75 Å². The van der Waals surface area contributed by atoms with Gasteiger partial charge in [-0.25, -0.2) is 0 Å². The molecule has 0 fully saturated rings. The summed E-state index contributed by atoms with van der Waals surface area (Å²) in [5, 5.41) is 5.54. The molecular formula is C19H18N2O3. The first kappa shape index (κ1) is 15.8. The number of carbonyl (C=O) groups excluding carboxylic acids is 2. The van der Waals surface area contributed by atoms with Crippen molar-refractivity contribution in [3.8, 4) is 5.75 Å². The van der Waals surface area contributed by atoms with E-state index in [0.29, 0.717) is 23.4 Å². The van der Waals surface area contributed by atoms with Crippen LogP contribution in [0, 0.1) is 0 Å². The van der Waals surface area contributed by atoms with E-state index in [1.165, 1.54) is 0 Å². The Bertz CT molecular complexity index is 812. The van der Waals surface area contributed by atoms with Crippen LogP contribution in [0.1, 0.15) is 22.8 Å². The molecule has 5 heteroatoms. The lowest BCUT2D eigenvalue weighted by Crippen LogP contribution is -2.26. The molecule has 0 spiro atoms. The Hall–Kier alpha value is -3.08. The molecule has 0 bridgehead atoms. The highest BCUT2D eigenvalue weighted by atomic mass is 16.5. The number of amides is 2. The number of hydrogen-bond donors (Lipinski definition) is 2. The molecule has 2 amide bonds. The molecule has 1 aliphatic heterocycles. The van der Waals surface area contributed by atoms with Crippen LogP contribution >= 0.6 is 0 Å². The van der Waals surface area contributed by atoms with E-state index in [9.17, 15) is 9.59 Å². The van der Waals surface area contributed by atoms with Crippen molar-refractivity contribution in [1.29, 1.82) is 0 Å². The number of fused-ring (bicyclic) bond motifs is 1. The summed E-state index contributed by atoms with van der Waals surface area (Å²) < 4.78 is 5.60. The molecule has 0 aromatic heterocycles. The first-order chi connectivity index (χ1) is 11.7. The van der Waals surface area contributed by atoms with Gasteiger partial charge < -0.3 is 15.4 Å². The molecule has 0 unspecified atom stereocenters. The number of para-hydroxylation sites is 2. The Kier molecular flexibility index (Phi) is 4.61. The van der Waals surface area contributed by atoms with Gasteiger partial charge in [-0.2, -0.15) is 0 Å². The van der Waals surface area contributed by atoms with Crippen molar-refractivity contribution in [3.05, 3.63) is 65.2 Å². The van der Waals surface area contributed by atoms with Crippen LogP contribution in [0.3, 0.4) is 0 Å². The van der Waals surface area contributed by atoms with Crippen LogP contribution in [-0.2, 0) is 4.79 Å². The number of ether oxygens (including phenoxy) is 1. The van der Waals surface area contributed by atoms with Gasteiger partial charge in [0.05, 0.1) is 16.8 Å². The SMILES string of the molecule is CCNC(=O)c1ccccc1NC(=O)C1=Cc2ccccc2OC1. The Morgan fingerprint density at radius 1 is 1.04 bits per heavy atom. The summed E-state index contributed by atoms with van der Waals surface area (Å²) in [5.74, 6) is 0.269. The largest absolute Gasteiger partial charge is 0.488 e. The highest BCUT2D eigenvalue weighted by Gasteiger charge is 2.19. The standard InChI is InChI=1S/C19H18N2O3/c1-2-20-19(23)15-8-4-5-9-16(15)21-18(22)14-11-13-7-3-6-10-17(13)24-12-14/h3-11H,2,12H2,1H3,(H,20,23)(H,21,22). The molecule has 0 radical (unpaired) electrons. The van der Waals surface area contributed by atoms with Crippen molar-refractivity contribution in [3.63, 3.8) is 0 Å². The minimum atomic E-state index is -0.277. The monoisotopic (exact) mass is 322 g/mol. The Morgan fingerprint density at radius 3 is 2.62 bits per heavy atom. The van der Waals surface area contributed by atoms with Crippen molar-refractivity contribution in [2.75, 3.05) is 18.5 Å². The van der Waals surface area contributed by atoms with Crippen LogP contribution in [0.2, 0.25) is 0 Å². The van der Waals surface area contributed by atoms with Crippen LogP contribution < -0.4 is 15.4 Å². The van der Waals surface area contributed by atoms with E-state index < -0.39 is 0 Å². The van der Waals surface area contributed by atoms with Crippen molar-refractivity contribution < 1.29 is 14.3 Å². The molecule has 24 heavy (non-hydrogen) atoms. The third-order valence-electron chi connectivity index (χ3n) is 3.68. The third-order valence-corrected chi connectivity index (χ3v) is 3.68. The minimum absolute atomic E-state index is 0.201. The molecular weight excluding hydrogens is 304 g/mol. The molecule has 1 aliphatic rings. The summed E-state index contributed by atoms with van der Waals surface area (Å²) in [6.45, 7) is 2.57. The summed E-state index contributed by atoms with van der Waals surface area (Å²) in [6, 6.07) is 14.5. The molecule has 2 aromatic rings. The number of carbonyl (C=O) groups is 2. The Labute approximate surface area is 140 Å². The summed E-state index contributed by atoms with van der Waals surface area (Å²) in [6.07, 6.45) is 1.81. The van der Waals surface area contributed by atoms with E-state index in [1.807, 2.05) is 37.3 Å². The molecule has 5 nitrogen and oxygen atoms in total. The molecule has 2 N–H and O–H groups in total. The maximum atomic E-state index is 12.5. The van der Waals surface area contributed by atoms with Gasteiger partial charge >= 0.3 is 0 Å². The number of hydrogen-bond acceptors (Lipinski definition) is 3. The lowest BCUT2D eigenvalue weighted by Gasteiger charge is -2.18. The second-order valence-electron chi connectivity index (χ2n) is 5.36. The van der Waals surface area contributed by atoms with Gasteiger partial charge in [0.2, 0.25) is 0 Å². The van der Waals surface area contributed by atoms with Crippen LogP contribution in [-0.4, -0.2) is 25.0 Å². The fourth-order valence-electron chi connectivity index (χ4n) is 2.50. The zero-order valence-corrected chi connectivity index (χ0v) is 13.3. The number of rotatable bonds is 4. The molecule has 122 valence electrons. The average Bonchev–Trinajstić information content (AvgIpc) is 2.62. The van der Waals surface area contributed by atoms with Crippen molar-refractivity contribution in [2.24, 2.45) is 0 Å². The van der Waals surface area contributed by atoms with Crippen molar-refractivity contribution in [1.82, 2.24) is 5.32 Å². The predicted molar refractivity (Wildman–Crippen MR) is 93.0 cm³/mol. The van der Waals surface area contributed by atoms with E-state index in [2.05, 4.69) is 10.6 Å². The number of anilines is 1. The maximum Gasteiger partial charge on any atom is 0.255 e. The van der Waals surface area contributed by atoms with E-state index >= 15 is 0 Å². The third kappa shape index (κ3) is 3.30. The number of benzene rings is 2. The minimum Gasteiger partial charge on any atom is -0.488 e. The molecule has 0 saturated carbocycles. The van der Waals surface area contributed by atoms with E-state index in [4.69, 9.17) is 4.74 Å². The summed E-state index contributed by atoms with van der Waals surface area (Å²) in [7, 11) is 0. The molecule has 2 aromatic carbocycles. The Morgan fingerprint density at radius 2 is 1.79 bits per heavy atom. The van der Waals surface area contributed by atoms with Gasteiger partial charge in [0.15, 0.2) is 0 Å². The van der Waals surface area contributed by atoms with Crippen LogP contribution in [0.15, 0.2) is 54.1 Å². The molecule has 3 rings (SSSR count). The highest BCUT2D eigenvalue weighted by Crippen LogP contribution is 2.26. The van der Waals surface area contributed by atoms with Gasteiger partial charge in [-0.3, -0.25) is 9.59 Å². The van der Waals surface area contributed by atoms with Gasteiger partial charge in [0.1, 0.15) is 12.4 Å². The molecule has 0 aliphatic carbocycles. The van der Waals surface area contributed by atoms with E-state index in [-0.39, 0.29) is 18.4 Å². The van der Waals surface area contributed by atoms with Crippen molar-refractivity contribution >= 4 is 23.6 Å². The topological polar surface area (TPSA) is 67.4 Å². The highest BCUT2D eigenvalue weighted by molar-refractivity contribution is 6.11. The molecule has 0 atom stereocenters. The lowest BCUT2D eigenvalue weighted by atomic mass is 10.1. The smallest absolute Gasteiger partial charge is 0.255 e.